The van der Waals surface area contributed by atoms with E-state index >= 15 is 0 Å². The summed E-state index contributed by atoms with van der Waals surface area (Å²) in [6.45, 7) is 5.25. The van der Waals surface area contributed by atoms with Crippen LogP contribution in [0.25, 0.3) is 0 Å². The largest absolute Gasteiger partial charge is 0.311 e. The zero-order valence-electron chi connectivity index (χ0n) is 9.71. The third kappa shape index (κ3) is 2.91. The number of piperazine rings is 1. The average Bonchev–Trinajstić information content (AvgIpc) is 3.09. The van der Waals surface area contributed by atoms with Gasteiger partial charge in [-0.2, -0.15) is 0 Å². The van der Waals surface area contributed by atoms with E-state index in [4.69, 9.17) is 0 Å². The van der Waals surface area contributed by atoms with Crippen LogP contribution >= 0.6 is 0 Å². The van der Waals surface area contributed by atoms with Crippen LogP contribution in [0.3, 0.4) is 0 Å². The van der Waals surface area contributed by atoms with Crippen LogP contribution < -0.4 is 5.32 Å². The van der Waals surface area contributed by atoms with Crippen LogP contribution in [-0.4, -0.2) is 43.3 Å². The first-order valence-corrected chi connectivity index (χ1v) is 6.38. The molecular weight excluding hydrogens is 191 g/mol. The minimum Gasteiger partial charge on any atom is -0.311 e. The topological polar surface area (TPSA) is 15.3 Å². The molecule has 15 heavy (non-hydrogen) atoms. The third-order valence-electron chi connectivity index (χ3n) is 3.78. The van der Waals surface area contributed by atoms with Crippen LogP contribution in [-0.2, 0) is 0 Å². The molecule has 0 bridgehead atoms. The Morgan fingerprint density at radius 1 is 1.40 bits per heavy atom. The van der Waals surface area contributed by atoms with E-state index in [1.807, 2.05) is 0 Å². The van der Waals surface area contributed by atoms with Gasteiger partial charge in [0.15, 0.2) is 0 Å². The van der Waals surface area contributed by atoms with Crippen molar-refractivity contribution < 1.29 is 4.39 Å². The average molecular weight is 214 g/mol. The van der Waals surface area contributed by atoms with E-state index < -0.39 is 0 Å². The van der Waals surface area contributed by atoms with E-state index in [1.165, 1.54) is 19.3 Å². The molecule has 0 spiro atoms. The maximum absolute atomic E-state index is 12.2. The van der Waals surface area contributed by atoms with Crippen molar-refractivity contribution in [3.63, 3.8) is 0 Å². The molecule has 2 unspecified atom stereocenters. The van der Waals surface area contributed by atoms with E-state index in [0.717, 1.165) is 25.6 Å². The molecule has 1 saturated heterocycles. The minimum absolute atomic E-state index is 0.169. The first kappa shape index (κ1) is 11.3. The molecule has 2 rings (SSSR count). The van der Waals surface area contributed by atoms with Crippen molar-refractivity contribution in [1.29, 1.82) is 0 Å². The fourth-order valence-corrected chi connectivity index (χ4v) is 2.64. The quantitative estimate of drug-likeness (QED) is 0.751. The minimum atomic E-state index is -0.169. The maximum Gasteiger partial charge on any atom is 0.0906 e. The zero-order valence-corrected chi connectivity index (χ0v) is 9.71. The van der Waals surface area contributed by atoms with Gasteiger partial charge in [0.25, 0.3) is 0 Å². The van der Waals surface area contributed by atoms with Crippen LogP contribution in [0.4, 0.5) is 4.39 Å². The lowest BCUT2D eigenvalue weighted by Crippen LogP contribution is -2.57. The Bertz CT molecular complexity index is 194. The zero-order chi connectivity index (χ0) is 10.7. The van der Waals surface area contributed by atoms with E-state index in [2.05, 4.69) is 17.1 Å². The number of alkyl halides is 1. The van der Waals surface area contributed by atoms with Gasteiger partial charge in [-0.05, 0) is 31.6 Å². The van der Waals surface area contributed by atoms with Crippen LogP contribution in [0.5, 0.6) is 0 Å². The van der Waals surface area contributed by atoms with Gasteiger partial charge in [-0.3, -0.25) is 9.29 Å². The summed E-state index contributed by atoms with van der Waals surface area (Å²) in [6.07, 6.45) is 4.66. The monoisotopic (exact) mass is 214 g/mol. The Balaban J connectivity index is 1.86. The Morgan fingerprint density at radius 2 is 2.20 bits per heavy atom. The summed E-state index contributed by atoms with van der Waals surface area (Å²) in [7, 11) is 0. The number of halogens is 1. The molecule has 0 radical (unpaired) electrons. The van der Waals surface area contributed by atoms with Crippen molar-refractivity contribution in [3.05, 3.63) is 0 Å². The van der Waals surface area contributed by atoms with Gasteiger partial charge in [0.2, 0.25) is 0 Å². The fraction of sp³-hybridized carbons (Fsp3) is 1.00. The second-order valence-electron chi connectivity index (χ2n) is 4.96. The summed E-state index contributed by atoms with van der Waals surface area (Å²) in [6, 6.07) is 1.32. The Labute approximate surface area is 92.2 Å². The molecule has 0 aromatic rings. The SMILES string of the molecule is CCC1CN(CCCF)C(C2CC2)CN1. The van der Waals surface area contributed by atoms with Crippen molar-refractivity contribution >= 4 is 0 Å². The maximum atomic E-state index is 12.2. The molecule has 88 valence electrons. The van der Waals surface area contributed by atoms with Gasteiger partial charge in [-0.1, -0.05) is 6.92 Å². The normalized spacial score (nSPS) is 33.2. The molecule has 1 aliphatic heterocycles. The number of hydrogen-bond acceptors (Lipinski definition) is 2. The van der Waals surface area contributed by atoms with Crippen LogP contribution in [0.15, 0.2) is 0 Å². The molecule has 1 N–H and O–H groups in total. The molecule has 2 atom stereocenters. The van der Waals surface area contributed by atoms with E-state index in [-0.39, 0.29) is 6.67 Å². The lowest BCUT2D eigenvalue weighted by atomic mass is 10.0. The summed E-state index contributed by atoms with van der Waals surface area (Å²) in [4.78, 5) is 2.53. The van der Waals surface area contributed by atoms with Crippen LogP contribution in [0, 0.1) is 5.92 Å². The fourth-order valence-electron chi connectivity index (χ4n) is 2.64. The Kier molecular flexibility index (Phi) is 3.98. The molecular formula is C12H23FN2. The number of nitrogens with zero attached hydrogens (tertiary/aromatic N) is 1. The number of nitrogens with one attached hydrogen (secondary N) is 1. The van der Waals surface area contributed by atoms with Gasteiger partial charge in [-0.25, -0.2) is 0 Å². The second kappa shape index (κ2) is 5.26. The molecule has 1 heterocycles. The van der Waals surface area contributed by atoms with E-state index in [9.17, 15) is 4.39 Å². The lowest BCUT2D eigenvalue weighted by molar-refractivity contribution is 0.109. The van der Waals surface area contributed by atoms with Crippen molar-refractivity contribution in [2.45, 2.75) is 44.7 Å². The predicted molar refractivity (Wildman–Crippen MR) is 60.8 cm³/mol. The number of rotatable bonds is 5. The van der Waals surface area contributed by atoms with Crippen molar-refractivity contribution in [2.75, 3.05) is 26.3 Å². The molecule has 0 aromatic heterocycles. The third-order valence-corrected chi connectivity index (χ3v) is 3.78. The van der Waals surface area contributed by atoms with Gasteiger partial charge in [0.1, 0.15) is 0 Å². The van der Waals surface area contributed by atoms with Gasteiger partial charge in [0, 0.05) is 31.7 Å². The Hall–Kier alpha value is -0.150. The lowest BCUT2D eigenvalue weighted by Gasteiger charge is -2.40. The highest BCUT2D eigenvalue weighted by molar-refractivity contribution is 4.94. The molecule has 2 fully saturated rings. The standard InChI is InChI=1S/C12H23FN2/c1-2-11-9-15(7-3-6-13)12(8-14-11)10-4-5-10/h10-12,14H,2-9H2,1H3. The Morgan fingerprint density at radius 3 is 2.80 bits per heavy atom. The molecule has 1 aliphatic carbocycles. The van der Waals surface area contributed by atoms with Gasteiger partial charge in [0.05, 0.1) is 6.67 Å². The van der Waals surface area contributed by atoms with Gasteiger partial charge in [-0.15, -0.1) is 0 Å². The molecule has 0 aromatic carbocycles. The highest BCUT2D eigenvalue weighted by Crippen LogP contribution is 2.36. The molecule has 1 saturated carbocycles. The number of hydrogen-bond donors (Lipinski definition) is 1. The van der Waals surface area contributed by atoms with Crippen molar-refractivity contribution in [1.82, 2.24) is 10.2 Å². The van der Waals surface area contributed by atoms with Gasteiger partial charge < -0.3 is 5.32 Å². The van der Waals surface area contributed by atoms with Crippen LogP contribution in [0.1, 0.15) is 32.6 Å². The summed E-state index contributed by atoms with van der Waals surface area (Å²) in [5, 5.41) is 3.61. The predicted octanol–water partition coefficient (Wildman–Crippen LogP) is 1.81. The summed E-state index contributed by atoms with van der Waals surface area (Å²) in [5.74, 6) is 0.898. The van der Waals surface area contributed by atoms with E-state index in [0.29, 0.717) is 18.5 Å². The summed E-state index contributed by atoms with van der Waals surface area (Å²) >= 11 is 0. The first-order valence-electron chi connectivity index (χ1n) is 6.38. The smallest absolute Gasteiger partial charge is 0.0906 e. The van der Waals surface area contributed by atoms with Crippen LogP contribution in [0.2, 0.25) is 0 Å². The highest BCUT2D eigenvalue weighted by atomic mass is 19.1. The molecule has 3 heteroatoms. The molecule has 2 nitrogen and oxygen atoms in total. The highest BCUT2D eigenvalue weighted by Gasteiger charge is 2.37. The van der Waals surface area contributed by atoms with E-state index in [1.54, 1.807) is 0 Å². The second-order valence-corrected chi connectivity index (χ2v) is 4.96. The first-order chi connectivity index (χ1) is 7.35. The van der Waals surface area contributed by atoms with Gasteiger partial charge >= 0.3 is 0 Å². The summed E-state index contributed by atoms with van der Waals surface area (Å²) in [5.41, 5.74) is 0. The molecule has 0 amide bonds. The van der Waals surface area contributed by atoms with Crippen molar-refractivity contribution in [2.24, 2.45) is 5.92 Å². The molecule has 2 aliphatic rings. The summed E-state index contributed by atoms with van der Waals surface area (Å²) < 4.78 is 12.2. The van der Waals surface area contributed by atoms with Crippen molar-refractivity contribution in [3.8, 4) is 0 Å².